The minimum atomic E-state index is -1.15. The van der Waals surface area contributed by atoms with E-state index in [1.54, 1.807) is 0 Å². The highest BCUT2D eigenvalue weighted by Crippen LogP contribution is 2.46. The summed E-state index contributed by atoms with van der Waals surface area (Å²) in [6.45, 7) is 0.381. The fourth-order valence-corrected chi connectivity index (χ4v) is 2.88. The first-order chi connectivity index (χ1) is 7.56. The lowest BCUT2D eigenvalue weighted by Crippen LogP contribution is -2.36. The van der Waals surface area contributed by atoms with Crippen LogP contribution in [0.5, 0.6) is 0 Å². The fraction of sp³-hybridized carbons (Fsp3) is 0.400. The van der Waals surface area contributed by atoms with Crippen LogP contribution in [0.2, 0.25) is 0 Å². The first-order valence-corrected chi connectivity index (χ1v) is 6.47. The van der Waals surface area contributed by atoms with Crippen LogP contribution >= 0.6 is 27.3 Å². The molecule has 1 aromatic rings. The van der Waals surface area contributed by atoms with Gasteiger partial charge in [0.1, 0.15) is 5.41 Å². The summed E-state index contributed by atoms with van der Waals surface area (Å²) in [5.74, 6) is -1.39. The van der Waals surface area contributed by atoms with Gasteiger partial charge in [-0.15, -0.1) is 11.3 Å². The number of carbonyl (C=O) groups excluding carboxylic acids is 1. The Morgan fingerprint density at radius 2 is 2.25 bits per heavy atom. The van der Waals surface area contributed by atoms with Crippen molar-refractivity contribution in [3.8, 4) is 0 Å². The Kier molecular flexibility index (Phi) is 3.03. The van der Waals surface area contributed by atoms with Crippen LogP contribution in [0.15, 0.2) is 15.9 Å². The Hall–Kier alpha value is -0.880. The molecule has 16 heavy (non-hydrogen) atoms. The van der Waals surface area contributed by atoms with Gasteiger partial charge in [-0.1, -0.05) is 0 Å². The minimum absolute atomic E-state index is 0.375. The molecule has 0 saturated heterocycles. The summed E-state index contributed by atoms with van der Waals surface area (Å²) in [5, 5.41) is 13.5. The number of carboxylic acids is 1. The summed E-state index contributed by atoms with van der Waals surface area (Å²) in [6, 6.07) is 1.90. The van der Waals surface area contributed by atoms with E-state index in [-0.39, 0.29) is 5.91 Å². The van der Waals surface area contributed by atoms with Gasteiger partial charge < -0.3 is 10.4 Å². The van der Waals surface area contributed by atoms with Crippen molar-refractivity contribution >= 4 is 39.1 Å². The van der Waals surface area contributed by atoms with Gasteiger partial charge in [0.25, 0.3) is 0 Å². The second-order valence-electron chi connectivity index (χ2n) is 3.76. The lowest BCUT2D eigenvalue weighted by Gasteiger charge is -2.09. The molecule has 1 amide bonds. The molecule has 1 fully saturated rings. The van der Waals surface area contributed by atoms with Crippen molar-refractivity contribution in [3.63, 3.8) is 0 Å². The minimum Gasteiger partial charge on any atom is -0.480 e. The van der Waals surface area contributed by atoms with Crippen molar-refractivity contribution in [2.75, 3.05) is 0 Å². The number of carboxylic acid groups (broad SMARTS) is 1. The second-order valence-corrected chi connectivity index (χ2v) is 5.62. The Labute approximate surface area is 105 Å². The first-order valence-electron chi connectivity index (χ1n) is 4.80. The van der Waals surface area contributed by atoms with Gasteiger partial charge in [0.15, 0.2) is 0 Å². The van der Waals surface area contributed by atoms with Crippen LogP contribution in [0.1, 0.15) is 17.7 Å². The van der Waals surface area contributed by atoms with Crippen LogP contribution in [0, 0.1) is 5.41 Å². The molecule has 86 valence electrons. The highest BCUT2D eigenvalue weighted by Gasteiger charge is 2.56. The van der Waals surface area contributed by atoms with E-state index < -0.39 is 11.4 Å². The number of rotatable bonds is 4. The standard InChI is InChI=1S/C10H10BrNO3S/c11-6-1-4-16-7(6)5-12-8(13)10(2-3-10)9(14)15/h1,4H,2-3,5H2,(H,12,13)(H,14,15). The van der Waals surface area contributed by atoms with Gasteiger partial charge in [-0.2, -0.15) is 0 Å². The summed E-state index contributed by atoms with van der Waals surface area (Å²) in [5.41, 5.74) is -1.15. The van der Waals surface area contributed by atoms with Gasteiger partial charge in [-0.3, -0.25) is 9.59 Å². The highest BCUT2D eigenvalue weighted by molar-refractivity contribution is 9.10. The number of hydrogen-bond acceptors (Lipinski definition) is 3. The van der Waals surface area contributed by atoms with E-state index in [2.05, 4.69) is 21.2 Å². The molecule has 0 aliphatic heterocycles. The van der Waals surface area contributed by atoms with Crippen LogP contribution in [0.3, 0.4) is 0 Å². The van der Waals surface area contributed by atoms with Gasteiger partial charge in [-0.05, 0) is 40.2 Å². The third-order valence-corrected chi connectivity index (χ3v) is 4.62. The Balaban J connectivity index is 1.95. The molecule has 4 nitrogen and oxygen atoms in total. The number of nitrogens with one attached hydrogen (secondary N) is 1. The van der Waals surface area contributed by atoms with Crippen molar-refractivity contribution in [1.29, 1.82) is 0 Å². The van der Waals surface area contributed by atoms with Gasteiger partial charge >= 0.3 is 5.97 Å². The topological polar surface area (TPSA) is 66.4 Å². The van der Waals surface area contributed by atoms with Crippen molar-refractivity contribution < 1.29 is 14.7 Å². The summed E-state index contributed by atoms with van der Waals surface area (Å²) in [6.07, 6.45) is 0.888. The number of aliphatic carboxylic acids is 1. The summed E-state index contributed by atoms with van der Waals surface area (Å²) < 4.78 is 0.943. The van der Waals surface area contributed by atoms with E-state index in [9.17, 15) is 9.59 Å². The molecular weight excluding hydrogens is 294 g/mol. The average molecular weight is 304 g/mol. The molecule has 0 spiro atoms. The molecule has 0 unspecified atom stereocenters. The van der Waals surface area contributed by atoms with Gasteiger partial charge in [0.2, 0.25) is 5.91 Å². The largest absolute Gasteiger partial charge is 0.480 e. The number of amides is 1. The zero-order valence-electron chi connectivity index (χ0n) is 8.33. The lowest BCUT2D eigenvalue weighted by atomic mass is 10.1. The molecule has 2 N–H and O–H groups in total. The van der Waals surface area contributed by atoms with E-state index in [4.69, 9.17) is 5.11 Å². The van der Waals surface area contributed by atoms with Crippen molar-refractivity contribution in [2.45, 2.75) is 19.4 Å². The van der Waals surface area contributed by atoms with Crippen LogP contribution in [-0.2, 0) is 16.1 Å². The molecule has 0 radical (unpaired) electrons. The van der Waals surface area contributed by atoms with Crippen LogP contribution < -0.4 is 5.32 Å². The number of thiophene rings is 1. The number of hydrogen-bond donors (Lipinski definition) is 2. The Bertz CT molecular complexity index is 439. The SMILES string of the molecule is O=C(O)C1(C(=O)NCc2sccc2Br)CC1. The highest BCUT2D eigenvalue weighted by atomic mass is 79.9. The van der Waals surface area contributed by atoms with E-state index in [0.717, 1.165) is 9.35 Å². The second kappa shape index (κ2) is 4.18. The molecule has 1 aromatic heterocycles. The van der Waals surface area contributed by atoms with Crippen molar-refractivity contribution in [2.24, 2.45) is 5.41 Å². The molecule has 6 heteroatoms. The molecule has 1 aliphatic rings. The Morgan fingerprint density at radius 3 is 2.69 bits per heavy atom. The molecule has 0 bridgehead atoms. The monoisotopic (exact) mass is 303 g/mol. The molecule has 0 atom stereocenters. The number of halogens is 1. The predicted octanol–water partition coefficient (Wildman–Crippen LogP) is 1.99. The van der Waals surface area contributed by atoms with Crippen molar-refractivity contribution in [1.82, 2.24) is 5.32 Å². The summed E-state index contributed by atoms with van der Waals surface area (Å²) in [4.78, 5) is 23.6. The third kappa shape index (κ3) is 1.99. The predicted molar refractivity (Wildman–Crippen MR) is 63.2 cm³/mol. The molecule has 1 heterocycles. The first kappa shape index (κ1) is 11.6. The van der Waals surface area contributed by atoms with Gasteiger partial charge in [0, 0.05) is 9.35 Å². The quantitative estimate of drug-likeness (QED) is 0.836. The molecule has 1 aliphatic carbocycles. The van der Waals surface area contributed by atoms with Gasteiger partial charge in [0.05, 0.1) is 6.54 Å². The normalized spacial score (nSPS) is 16.8. The molecule has 1 saturated carbocycles. The van der Waals surface area contributed by atoms with Crippen LogP contribution in [-0.4, -0.2) is 17.0 Å². The third-order valence-electron chi connectivity index (χ3n) is 2.69. The molecule has 2 rings (SSSR count). The van der Waals surface area contributed by atoms with Crippen molar-refractivity contribution in [3.05, 3.63) is 20.8 Å². The van der Waals surface area contributed by atoms with E-state index in [1.165, 1.54) is 11.3 Å². The maximum absolute atomic E-state index is 11.7. The van der Waals surface area contributed by atoms with Crippen LogP contribution in [0.25, 0.3) is 0 Å². The zero-order valence-corrected chi connectivity index (χ0v) is 10.7. The van der Waals surface area contributed by atoms with E-state index in [0.29, 0.717) is 19.4 Å². The Morgan fingerprint density at radius 1 is 1.56 bits per heavy atom. The number of carbonyl (C=O) groups is 2. The fourth-order valence-electron chi connectivity index (χ4n) is 1.44. The van der Waals surface area contributed by atoms with Crippen LogP contribution in [0.4, 0.5) is 0 Å². The maximum atomic E-state index is 11.7. The maximum Gasteiger partial charge on any atom is 0.319 e. The van der Waals surface area contributed by atoms with E-state index >= 15 is 0 Å². The lowest BCUT2D eigenvalue weighted by molar-refractivity contribution is -0.149. The van der Waals surface area contributed by atoms with E-state index in [1.807, 2.05) is 11.4 Å². The zero-order chi connectivity index (χ0) is 11.8. The average Bonchev–Trinajstić information content (AvgIpc) is 2.95. The summed E-state index contributed by atoms with van der Waals surface area (Å²) in [7, 11) is 0. The molecular formula is C10H10BrNO3S. The summed E-state index contributed by atoms with van der Waals surface area (Å²) >= 11 is 4.88. The molecule has 0 aromatic carbocycles. The van der Waals surface area contributed by atoms with Gasteiger partial charge in [-0.25, -0.2) is 0 Å². The smallest absolute Gasteiger partial charge is 0.319 e.